The molecule has 0 aromatic rings. The highest BCUT2D eigenvalue weighted by Crippen LogP contribution is 1.95. The lowest BCUT2D eigenvalue weighted by molar-refractivity contribution is -0.140. The van der Waals surface area contributed by atoms with Gasteiger partial charge in [0.1, 0.15) is 0 Å². The monoisotopic (exact) mass is 371 g/mol. The van der Waals surface area contributed by atoms with Crippen molar-refractivity contribution in [1.29, 1.82) is 0 Å². The number of carbonyl (C=O) groups is 1. The molecule has 0 spiro atoms. The van der Waals surface area contributed by atoms with E-state index in [2.05, 4.69) is 34.2 Å². The first kappa shape index (κ1) is 19.8. The first-order valence-corrected chi connectivity index (χ1v) is 6.11. The Morgan fingerprint density at radius 3 is 2.44 bits per heavy atom. The van der Waals surface area contributed by atoms with E-state index in [1.807, 2.05) is 0 Å². The van der Waals surface area contributed by atoms with Gasteiger partial charge >= 0.3 is 5.97 Å². The van der Waals surface area contributed by atoms with Crippen molar-refractivity contribution >= 4 is 35.9 Å². The van der Waals surface area contributed by atoms with Gasteiger partial charge in [0, 0.05) is 26.6 Å². The molecule has 0 saturated heterocycles. The van der Waals surface area contributed by atoms with Gasteiger partial charge in [0.25, 0.3) is 0 Å². The molecule has 0 amide bonds. The molecule has 0 saturated carbocycles. The summed E-state index contributed by atoms with van der Waals surface area (Å²) in [4.78, 5) is 15.0. The number of ether oxygens (including phenoxy) is 1. The summed E-state index contributed by atoms with van der Waals surface area (Å²) >= 11 is 0. The average molecular weight is 371 g/mol. The summed E-state index contributed by atoms with van der Waals surface area (Å²) in [6.07, 6.45) is 2.24. The molecule has 5 nitrogen and oxygen atoms in total. The lowest BCUT2D eigenvalue weighted by Gasteiger charge is -2.13. The molecule has 0 aromatic heterocycles. The van der Waals surface area contributed by atoms with Crippen molar-refractivity contribution < 1.29 is 9.53 Å². The minimum absolute atomic E-state index is 0. The van der Waals surface area contributed by atoms with E-state index in [9.17, 15) is 4.79 Å². The number of esters is 1. The van der Waals surface area contributed by atoms with Crippen LogP contribution in [0.15, 0.2) is 4.99 Å². The number of nitrogens with zero attached hydrogens (tertiary/aromatic N) is 1. The molecule has 2 N–H and O–H groups in total. The summed E-state index contributed by atoms with van der Waals surface area (Å²) in [5.74, 6) is 1.26. The molecule has 0 bridgehead atoms. The molecule has 6 heteroatoms. The lowest BCUT2D eigenvalue weighted by Crippen LogP contribution is -2.39. The minimum atomic E-state index is -0.146. The van der Waals surface area contributed by atoms with Crippen LogP contribution in [0.1, 0.15) is 33.1 Å². The largest absolute Gasteiger partial charge is 0.469 e. The summed E-state index contributed by atoms with van der Waals surface area (Å²) in [7, 11) is 3.17. The van der Waals surface area contributed by atoms with Gasteiger partial charge in [0.15, 0.2) is 5.96 Å². The van der Waals surface area contributed by atoms with Gasteiger partial charge in [-0.15, -0.1) is 24.0 Å². The zero-order valence-corrected chi connectivity index (χ0v) is 14.1. The fraction of sp³-hybridized carbons (Fsp3) is 0.833. The van der Waals surface area contributed by atoms with Crippen molar-refractivity contribution in [2.24, 2.45) is 10.9 Å². The fourth-order valence-electron chi connectivity index (χ4n) is 1.22. The van der Waals surface area contributed by atoms with Gasteiger partial charge in [0.2, 0.25) is 0 Å². The van der Waals surface area contributed by atoms with Crippen LogP contribution in [0, 0.1) is 5.92 Å². The fourth-order valence-corrected chi connectivity index (χ4v) is 1.22. The number of aliphatic imine (C=N–C) groups is 1. The van der Waals surface area contributed by atoms with Crippen molar-refractivity contribution in [2.45, 2.75) is 33.1 Å². The summed E-state index contributed by atoms with van der Waals surface area (Å²) in [6.45, 7) is 6.02. The van der Waals surface area contributed by atoms with Crippen molar-refractivity contribution in [1.82, 2.24) is 10.6 Å². The van der Waals surface area contributed by atoms with Crippen molar-refractivity contribution in [3.63, 3.8) is 0 Å². The molecule has 0 aromatic carbocycles. The number of methoxy groups -OCH3 is 1. The van der Waals surface area contributed by atoms with Crippen LogP contribution in [0.5, 0.6) is 0 Å². The number of guanidine groups is 1. The van der Waals surface area contributed by atoms with E-state index < -0.39 is 0 Å². The second kappa shape index (κ2) is 12.9. The van der Waals surface area contributed by atoms with Gasteiger partial charge in [-0.05, 0) is 18.8 Å². The molecule has 0 unspecified atom stereocenters. The van der Waals surface area contributed by atoms with Crippen LogP contribution in [-0.2, 0) is 9.53 Å². The lowest BCUT2D eigenvalue weighted by atomic mass is 10.2. The van der Waals surface area contributed by atoms with Crippen molar-refractivity contribution in [2.75, 3.05) is 27.2 Å². The van der Waals surface area contributed by atoms with E-state index in [1.54, 1.807) is 7.05 Å². The summed E-state index contributed by atoms with van der Waals surface area (Å²) in [6, 6.07) is 0. The predicted molar refractivity (Wildman–Crippen MR) is 85.5 cm³/mol. The number of hydrogen-bond acceptors (Lipinski definition) is 3. The molecule has 0 fully saturated rings. The number of hydrogen-bond donors (Lipinski definition) is 2. The van der Waals surface area contributed by atoms with Gasteiger partial charge in [-0.3, -0.25) is 9.79 Å². The molecule has 18 heavy (non-hydrogen) atoms. The first-order valence-electron chi connectivity index (χ1n) is 6.11. The Labute approximate surface area is 127 Å². The number of halogens is 1. The maximum atomic E-state index is 10.9. The second-order valence-corrected chi connectivity index (χ2v) is 4.31. The standard InChI is InChI=1S/C12H25N3O2.HI/c1-10(2)9-15-12(13-3)14-8-6-5-7-11(16)17-4;/h10H,5-9H2,1-4H3,(H2,13,14,15);1H. The Balaban J connectivity index is 0. The average Bonchev–Trinajstić information content (AvgIpc) is 2.31. The molecular formula is C12H26IN3O2. The topological polar surface area (TPSA) is 62.7 Å². The van der Waals surface area contributed by atoms with Crippen LogP contribution in [-0.4, -0.2) is 39.2 Å². The van der Waals surface area contributed by atoms with Crippen LogP contribution < -0.4 is 10.6 Å². The third kappa shape index (κ3) is 11.9. The van der Waals surface area contributed by atoms with Crippen LogP contribution in [0.3, 0.4) is 0 Å². The predicted octanol–water partition coefficient (Wildman–Crippen LogP) is 1.77. The van der Waals surface area contributed by atoms with Crippen LogP contribution in [0.25, 0.3) is 0 Å². The zero-order chi connectivity index (χ0) is 13.1. The zero-order valence-electron chi connectivity index (χ0n) is 11.8. The highest BCUT2D eigenvalue weighted by atomic mass is 127. The molecule has 0 rings (SSSR count). The van der Waals surface area contributed by atoms with E-state index >= 15 is 0 Å². The maximum Gasteiger partial charge on any atom is 0.305 e. The van der Waals surface area contributed by atoms with Gasteiger partial charge in [-0.1, -0.05) is 13.8 Å². The van der Waals surface area contributed by atoms with Crippen LogP contribution in [0.2, 0.25) is 0 Å². The third-order valence-corrected chi connectivity index (χ3v) is 2.23. The number of unbranched alkanes of at least 4 members (excludes halogenated alkanes) is 1. The van der Waals surface area contributed by atoms with Gasteiger partial charge in [-0.2, -0.15) is 0 Å². The molecule has 0 aliphatic rings. The summed E-state index contributed by atoms with van der Waals surface area (Å²) < 4.78 is 4.57. The van der Waals surface area contributed by atoms with Gasteiger partial charge < -0.3 is 15.4 Å². The quantitative estimate of drug-likeness (QED) is 0.235. The van der Waals surface area contributed by atoms with E-state index in [-0.39, 0.29) is 29.9 Å². The smallest absolute Gasteiger partial charge is 0.305 e. The van der Waals surface area contributed by atoms with Crippen LogP contribution >= 0.6 is 24.0 Å². The normalized spacial score (nSPS) is 10.8. The third-order valence-electron chi connectivity index (χ3n) is 2.23. The van der Waals surface area contributed by atoms with E-state index in [0.29, 0.717) is 12.3 Å². The van der Waals surface area contributed by atoms with Crippen LogP contribution in [0.4, 0.5) is 0 Å². The Morgan fingerprint density at radius 2 is 1.94 bits per heavy atom. The molecule has 0 aliphatic heterocycles. The highest BCUT2D eigenvalue weighted by Gasteiger charge is 2.01. The van der Waals surface area contributed by atoms with E-state index in [1.165, 1.54) is 7.11 Å². The highest BCUT2D eigenvalue weighted by molar-refractivity contribution is 14.0. The number of nitrogens with one attached hydrogen (secondary N) is 2. The molecule has 0 atom stereocenters. The van der Waals surface area contributed by atoms with E-state index in [0.717, 1.165) is 31.9 Å². The summed E-state index contributed by atoms with van der Waals surface area (Å²) in [5.41, 5.74) is 0. The van der Waals surface area contributed by atoms with Gasteiger partial charge in [-0.25, -0.2) is 0 Å². The first-order chi connectivity index (χ1) is 8.10. The number of rotatable bonds is 7. The molecular weight excluding hydrogens is 345 g/mol. The summed E-state index contributed by atoms with van der Waals surface area (Å²) in [5, 5.41) is 6.43. The Kier molecular flexibility index (Phi) is 14.2. The van der Waals surface area contributed by atoms with E-state index in [4.69, 9.17) is 0 Å². The molecule has 0 aliphatic carbocycles. The number of carbonyl (C=O) groups excluding carboxylic acids is 1. The minimum Gasteiger partial charge on any atom is -0.469 e. The van der Waals surface area contributed by atoms with Crippen molar-refractivity contribution in [3.8, 4) is 0 Å². The SMILES string of the molecule is CN=C(NCCCCC(=O)OC)NCC(C)C.I. The van der Waals surface area contributed by atoms with Gasteiger partial charge in [0.05, 0.1) is 7.11 Å². The Hall–Kier alpha value is -0.530. The van der Waals surface area contributed by atoms with Crippen molar-refractivity contribution in [3.05, 3.63) is 0 Å². The molecule has 0 heterocycles. The molecule has 0 radical (unpaired) electrons. The Morgan fingerprint density at radius 1 is 1.28 bits per heavy atom. The molecule has 108 valence electrons. The Bertz CT molecular complexity index is 245. The maximum absolute atomic E-state index is 10.9. The second-order valence-electron chi connectivity index (χ2n) is 4.31.